The zero-order chi connectivity index (χ0) is 30.5. The predicted octanol–water partition coefficient (Wildman–Crippen LogP) is 8.53. The van der Waals surface area contributed by atoms with Gasteiger partial charge in [-0.3, -0.25) is 4.79 Å². The fourth-order valence-electron chi connectivity index (χ4n) is 5.72. The largest absolute Gasteiger partial charge is 0.491 e. The van der Waals surface area contributed by atoms with Gasteiger partial charge >= 0.3 is 5.97 Å². The van der Waals surface area contributed by atoms with Gasteiger partial charge in [0, 0.05) is 11.8 Å². The summed E-state index contributed by atoms with van der Waals surface area (Å²) < 4.78 is 5.84. The minimum absolute atomic E-state index is 0.0698. The summed E-state index contributed by atoms with van der Waals surface area (Å²) >= 11 is 0. The van der Waals surface area contributed by atoms with Gasteiger partial charge in [-0.15, -0.1) is 0 Å². The van der Waals surface area contributed by atoms with E-state index in [2.05, 4.69) is 71.0 Å². The summed E-state index contributed by atoms with van der Waals surface area (Å²) in [6.45, 7) is 13.0. The fourth-order valence-corrected chi connectivity index (χ4v) is 5.72. The molecule has 0 bridgehead atoms. The summed E-state index contributed by atoms with van der Waals surface area (Å²) in [5, 5.41) is 30.1. The van der Waals surface area contributed by atoms with Crippen LogP contribution in [0.2, 0.25) is 0 Å². The summed E-state index contributed by atoms with van der Waals surface area (Å²) in [4.78, 5) is 10.8. The van der Waals surface area contributed by atoms with E-state index in [4.69, 9.17) is 9.84 Å². The number of rotatable bonds is 19. The topological polar surface area (TPSA) is 87.0 Å². The van der Waals surface area contributed by atoms with E-state index in [9.17, 15) is 15.0 Å². The molecule has 3 N–H and O–H groups in total. The molecule has 5 nitrogen and oxygen atoms in total. The van der Waals surface area contributed by atoms with Crippen LogP contribution in [0.1, 0.15) is 126 Å². The van der Waals surface area contributed by atoms with Gasteiger partial charge in [0.05, 0.1) is 11.7 Å². The van der Waals surface area contributed by atoms with Crippen LogP contribution in [-0.4, -0.2) is 39.6 Å². The first-order valence-corrected chi connectivity index (χ1v) is 15.7. The number of aliphatic hydroxyl groups is 2. The van der Waals surface area contributed by atoms with Crippen LogP contribution in [0.5, 0.6) is 5.75 Å². The van der Waals surface area contributed by atoms with Crippen molar-refractivity contribution in [1.29, 1.82) is 0 Å². The summed E-state index contributed by atoms with van der Waals surface area (Å²) in [6.07, 6.45) is 12.7. The molecule has 0 aliphatic heterocycles. The zero-order valence-electron chi connectivity index (χ0n) is 26.3. The molecular formula is C36H54O5. The van der Waals surface area contributed by atoms with Crippen molar-refractivity contribution in [3.05, 3.63) is 70.3 Å². The monoisotopic (exact) mass is 566 g/mol. The van der Waals surface area contributed by atoms with Crippen LogP contribution in [-0.2, 0) is 10.2 Å². The second-order valence-corrected chi connectivity index (χ2v) is 11.7. The van der Waals surface area contributed by atoms with Crippen LogP contribution in [0.3, 0.4) is 0 Å². The van der Waals surface area contributed by atoms with E-state index in [1.54, 1.807) is 0 Å². The van der Waals surface area contributed by atoms with Crippen molar-refractivity contribution in [2.75, 3.05) is 6.61 Å². The first kappa shape index (κ1) is 34.6. The van der Waals surface area contributed by atoms with Crippen LogP contribution < -0.4 is 4.74 Å². The standard InChI is InChI=1S/C36H54O5/c1-7-11-12-13-14-22-35(40,8-2)23-21-29-15-16-30(24-27(29)5)36(9-3,10-4)31-17-19-33(28(6)25-31)41-26-32(37)18-20-34(38)39/h15-17,19,21,23-25,32,37,40H,7-14,18,20,22,26H2,1-6H3,(H,38,39)/t32-,35?/m0/s1. The van der Waals surface area contributed by atoms with Gasteiger partial charge in [-0.25, -0.2) is 0 Å². The first-order valence-electron chi connectivity index (χ1n) is 15.7. The summed E-state index contributed by atoms with van der Waals surface area (Å²) in [7, 11) is 0. The maximum atomic E-state index is 11.2. The lowest BCUT2D eigenvalue weighted by atomic mass is 9.70. The van der Waals surface area contributed by atoms with E-state index in [1.807, 2.05) is 19.1 Å². The Labute approximate surface area is 248 Å². The lowest BCUT2D eigenvalue weighted by molar-refractivity contribution is -0.137. The van der Waals surface area contributed by atoms with Crippen LogP contribution in [0.4, 0.5) is 0 Å². The Kier molecular flexibility index (Phi) is 14.1. The molecule has 2 aromatic rings. The molecule has 0 spiro atoms. The molecule has 228 valence electrons. The van der Waals surface area contributed by atoms with E-state index in [-0.39, 0.29) is 24.9 Å². The van der Waals surface area contributed by atoms with Gasteiger partial charge in [0.15, 0.2) is 0 Å². The molecule has 2 atom stereocenters. The number of unbranched alkanes of at least 4 members (excludes halogenated alkanes) is 4. The molecule has 2 rings (SSSR count). The molecule has 0 heterocycles. The van der Waals surface area contributed by atoms with Gasteiger partial charge in [-0.1, -0.05) is 102 Å². The first-order chi connectivity index (χ1) is 19.5. The Hall–Kier alpha value is -2.63. The number of benzene rings is 2. The van der Waals surface area contributed by atoms with E-state index >= 15 is 0 Å². The molecule has 0 aliphatic rings. The maximum absolute atomic E-state index is 11.2. The number of aliphatic carboxylic acids is 1. The molecular weight excluding hydrogens is 512 g/mol. The van der Waals surface area contributed by atoms with Gasteiger partial charge in [0.2, 0.25) is 0 Å². The Morgan fingerprint density at radius 1 is 0.902 bits per heavy atom. The lowest BCUT2D eigenvalue weighted by Crippen LogP contribution is -2.26. The van der Waals surface area contributed by atoms with E-state index in [0.29, 0.717) is 12.2 Å². The number of aryl methyl sites for hydroxylation is 2. The van der Waals surface area contributed by atoms with Crippen LogP contribution in [0.15, 0.2) is 42.5 Å². The van der Waals surface area contributed by atoms with Crippen molar-refractivity contribution in [2.24, 2.45) is 0 Å². The molecule has 0 radical (unpaired) electrons. The molecule has 0 fully saturated rings. The smallest absolute Gasteiger partial charge is 0.303 e. The third-order valence-electron chi connectivity index (χ3n) is 8.78. The highest BCUT2D eigenvalue weighted by molar-refractivity contribution is 5.66. The summed E-state index contributed by atoms with van der Waals surface area (Å²) in [5.74, 6) is -0.218. The Balaban J connectivity index is 2.22. The molecule has 0 saturated heterocycles. The minimum Gasteiger partial charge on any atom is -0.491 e. The van der Waals surface area contributed by atoms with Crippen molar-refractivity contribution in [2.45, 2.75) is 129 Å². The molecule has 1 unspecified atom stereocenters. The number of carbonyl (C=O) groups is 1. The highest BCUT2D eigenvalue weighted by Gasteiger charge is 2.31. The van der Waals surface area contributed by atoms with Crippen molar-refractivity contribution in [3.8, 4) is 5.75 Å². The molecule has 0 amide bonds. The van der Waals surface area contributed by atoms with E-state index in [0.717, 1.165) is 36.8 Å². The second-order valence-electron chi connectivity index (χ2n) is 11.7. The van der Waals surface area contributed by atoms with Gasteiger partial charge in [0.25, 0.3) is 0 Å². The molecule has 2 aromatic carbocycles. The van der Waals surface area contributed by atoms with Crippen molar-refractivity contribution in [3.63, 3.8) is 0 Å². The third-order valence-corrected chi connectivity index (χ3v) is 8.78. The van der Waals surface area contributed by atoms with Crippen molar-refractivity contribution in [1.82, 2.24) is 0 Å². The zero-order valence-corrected chi connectivity index (χ0v) is 26.3. The number of ether oxygens (including phenoxy) is 1. The normalized spacial score (nSPS) is 14.2. The number of carboxylic acid groups (broad SMARTS) is 1. The minimum atomic E-state index is -0.921. The van der Waals surface area contributed by atoms with Crippen molar-refractivity contribution >= 4 is 12.0 Å². The molecule has 0 aliphatic carbocycles. The second kappa shape index (κ2) is 16.7. The Morgan fingerprint density at radius 2 is 1.54 bits per heavy atom. The van der Waals surface area contributed by atoms with E-state index in [1.165, 1.54) is 42.4 Å². The average molecular weight is 567 g/mol. The van der Waals surface area contributed by atoms with Crippen molar-refractivity contribution < 1.29 is 24.9 Å². The van der Waals surface area contributed by atoms with Crippen LogP contribution >= 0.6 is 0 Å². The van der Waals surface area contributed by atoms with Gasteiger partial charge < -0.3 is 20.1 Å². The molecule has 0 saturated carbocycles. The van der Waals surface area contributed by atoms with Crippen LogP contribution in [0, 0.1) is 13.8 Å². The number of aliphatic hydroxyl groups excluding tert-OH is 1. The Bertz CT molecular complexity index is 1120. The van der Waals surface area contributed by atoms with Crippen LogP contribution in [0.25, 0.3) is 6.08 Å². The number of hydrogen-bond acceptors (Lipinski definition) is 4. The van der Waals surface area contributed by atoms with E-state index < -0.39 is 17.7 Å². The fraction of sp³-hybridized carbons (Fsp3) is 0.583. The highest BCUT2D eigenvalue weighted by Crippen LogP contribution is 2.41. The van der Waals surface area contributed by atoms with Gasteiger partial charge in [-0.05, 0) is 79.8 Å². The number of hydrogen-bond donors (Lipinski definition) is 3. The predicted molar refractivity (Wildman–Crippen MR) is 170 cm³/mol. The molecule has 41 heavy (non-hydrogen) atoms. The number of carboxylic acids is 1. The average Bonchev–Trinajstić information content (AvgIpc) is 2.96. The SMILES string of the molecule is CCCCCCCC(O)(C=Cc1ccc(C(CC)(CC)c2ccc(OC[C@@H](O)CCC(=O)O)c(C)c2)cc1C)CC. The maximum Gasteiger partial charge on any atom is 0.303 e. The van der Waals surface area contributed by atoms with Gasteiger partial charge in [0.1, 0.15) is 12.4 Å². The molecule has 0 aromatic heterocycles. The quantitative estimate of drug-likeness (QED) is 0.148. The highest BCUT2D eigenvalue weighted by atomic mass is 16.5. The summed E-state index contributed by atoms with van der Waals surface area (Å²) in [6, 6.07) is 13.0. The third kappa shape index (κ3) is 10.0. The molecule has 5 heteroatoms. The lowest BCUT2D eigenvalue weighted by Gasteiger charge is -2.34. The van der Waals surface area contributed by atoms with Gasteiger partial charge in [-0.2, -0.15) is 0 Å². The summed E-state index contributed by atoms with van der Waals surface area (Å²) in [5.41, 5.74) is 4.90. The Morgan fingerprint density at radius 3 is 2.10 bits per heavy atom.